The minimum absolute atomic E-state index is 0.107. The fourth-order valence-electron chi connectivity index (χ4n) is 2.52. The van der Waals surface area contributed by atoms with Crippen LogP contribution in [0.1, 0.15) is 25.0 Å². The molecule has 4 atom stereocenters. The smallest absolute Gasteiger partial charge is 0.167 e. The third-order valence-corrected chi connectivity index (χ3v) is 4.35. The summed E-state index contributed by atoms with van der Waals surface area (Å²) in [6, 6.07) is 9.91. The van der Waals surface area contributed by atoms with E-state index in [-0.39, 0.29) is 24.1 Å². The Bertz CT molecular complexity index is 511. The molecule has 0 N–H and O–H groups in total. The molecule has 19 heavy (non-hydrogen) atoms. The van der Waals surface area contributed by atoms with Crippen molar-refractivity contribution in [1.82, 2.24) is 0 Å². The van der Waals surface area contributed by atoms with Crippen molar-refractivity contribution >= 4 is 21.7 Å². The lowest BCUT2D eigenvalue weighted by Gasteiger charge is -2.30. The van der Waals surface area contributed by atoms with Gasteiger partial charge in [0, 0.05) is 10.9 Å². The van der Waals surface area contributed by atoms with E-state index in [0.29, 0.717) is 6.42 Å². The maximum Gasteiger partial charge on any atom is 0.167 e. The van der Waals surface area contributed by atoms with Crippen molar-refractivity contribution in [3.8, 4) is 0 Å². The van der Waals surface area contributed by atoms with E-state index in [1.807, 2.05) is 43.3 Å². The fraction of sp³-hybridized carbons (Fsp3) is 0.400. The van der Waals surface area contributed by atoms with Crippen molar-refractivity contribution in [3.05, 3.63) is 46.5 Å². The first-order valence-electron chi connectivity index (χ1n) is 6.41. The number of carbonyl (C=O) groups excluding carboxylic acids is 1. The molecule has 100 valence electrons. The monoisotopic (exact) mass is 322 g/mol. The van der Waals surface area contributed by atoms with E-state index in [1.54, 1.807) is 0 Å². The van der Waals surface area contributed by atoms with Gasteiger partial charge in [-0.15, -0.1) is 0 Å². The van der Waals surface area contributed by atoms with Crippen LogP contribution in [0.4, 0.5) is 0 Å². The van der Waals surface area contributed by atoms with Crippen molar-refractivity contribution in [2.24, 2.45) is 0 Å². The summed E-state index contributed by atoms with van der Waals surface area (Å²) in [6.45, 7) is 1.96. The zero-order valence-electron chi connectivity index (χ0n) is 10.6. The molecule has 0 aromatic heterocycles. The predicted molar refractivity (Wildman–Crippen MR) is 75.0 cm³/mol. The van der Waals surface area contributed by atoms with Gasteiger partial charge in [0.1, 0.15) is 12.2 Å². The number of ketones is 1. The molecule has 3 rings (SSSR count). The third-order valence-electron chi connectivity index (χ3n) is 3.57. The number of hydrogen-bond donors (Lipinski definition) is 0. The highest BCUT2D eigenvalue weighted by molar-refractivity contribution is 9.11. The van der Waals surface area contributed by atoms with E-state index < -0.39 is 6.10 Å². The van der Waals surface area contributed by atoms with E-state index in [0.717, 1.165) is 10.0 Å². The van der Waals surface area contributed by atoms with E-state index >= 15 is 0 Å². The number of carbonyl (C=O) groups is 1. The summed E-state index contributed by atoms with van der Waals surface area (Å²) in [6.07, 6.45) is 1.35. The van der Waals surface area contributed by atoms with Crippen LogP contribution in [0.3, 0.4) is 0 Å². The molecule has 0 radical (unpaired) electrons. The first-order chi connectivity index (χ1) is 9.15. The van der Waals surface area contributed by atoms with Crippen LogP contribution in [0.15, 0.2) is 40.9 Å². The average molecular weight is 323 g/mol. The van der Waals surface area contributed by atoms with Crippen molar-refractivity contribution in [1.29, 1.82) is 0 Å². The first-order valence-corrected chi connectivity index (χ1v) is 7.20. The standard InChI is InChI=1S/C15H15BrO3/c1-9(10-5-3-2-4-6-10)18-15-12(17)8-13-11(16)7-14(15)19-13/h2-7,9,13-15H,8H2,1H3/t9-,13+,14+,15+/m1/s1. The Morgan fingerprint density at radius 1 is 1.37 bits per heavy atom. The number of halogens is 1. The van der Waals surface area contributed by atoms with E-state index in [4.69, 9.17) is 9.47 Å². The van der Waals surface area contributed by atoms with Gasteiger partial charge < -0.3 is 9.47 Å². The number of rotatable bonds is 3. The van der Waals surface area contributed by atoms with Crippen LogP contribution in [-0.4, -0.2) is 24.1 Å². The molecule has 0 amide bonds. The highest BCUT2D eigenvalue weighted by Gasteiger charge is 2.43. The van der Waals surface area contributed by atoms with Gasteiger partial charge in [0.2, 0.25) is 0 Å². The number of Topliss-reactive ketones (excluding diaryl/α,β-unsaturated/α-hetero) is 1. The maximum atomic E-state index is 12.1. The SMILES string of the molecule is C[C@@H](O[C@H]1C(=O)C[C@@H]2O[C@H]1C=C2Br)c1ccccc1. The minimum Gasteiger partial charge on any atom is -0.362 e. The van der Waals surface area contributed by atoms with Gasteiger partial charge in [-0.2, -0.15) is 0 Å². The molecule has 2 aliphatic heterocycles. The van der Waals surface area contributed by atoms with Gasteiger partial charge >= 0.3 is 0 Å². The maximum absolute atomic E-state index is 12.1. The molecular weight excluding hydrogens is 308 g/mol. The van der Waals surface area contributed by atoms with Crippen LogP contribution >= 0.6 is 15.9 Å². The van der Waals surface area contributed by atoms with Crippen molar-refractivity contribution in [2.45, 2.75) is 37.8 Å². The quantitative estimate of drug-likeness (QED) is 0.857. The van der Waals surface area contributed by atoms with Crippen LogP contribution in [0.25, 0.3) is 0 Å². The Morgan fingerprint density at radius 3 is 2.84 bits per heavy atom. The number of benzene rings is 1. The van der Waals surface area contributed by atoms with Crippen LogP contribution in [0, 0.1) is 0 Å². The second-order valence-corrected chi connectivity index (χ2v) is 5.84. The second-order valence-electron chi connectivity index (χ2n) is 4.92. The topological polar surface area (TPSA) is 35.5 Å². The summed E-state index contributed by atoms with van der Waals surface area (Å²) in [5, 5.41) is 0. The normalized spacial score (nSPS) is 31.2. The summed E-state index contributed by atoms with van der Waals surface area (Å²) >= 11 is 3.44. The minimum atomic E-state index is -0.499. The molecule has 0 saturated carbocycles. The third kappa shape index (κ3) is 2.53. The Morgan fingerprint density at radius 2 is 2.11 bits per heavy atom. The first kappa shape index (κ1) is 13.0. The van der Waals surface area contributed by atoms with E-state index in [9.17, 15) is 4.79 Å². The Kier molecular flexibility index (Phi) is 3.56. The van der Waals surface area contributed by atoms with Gasteiger partial charge in [-0.1, -0.05) is 46.3 Å². The molecule has 0 aliphatic carbocycles. The zero-order chi connectivity index (χ0) is 13.4. The van der Waals surface area contributed by atoms with E-state index in [2.05, 4.69) is 15.9 Å². The summed E-state index contributed by atoms with van der Waals surface area (Å²) < 4.78 is 12.6. The van der Waals surface area contributed by atoms with Gasteiger partial charge in [0.15, 0.2) is 5.78 Å². The van der Waals surface area contributed by atoms with Gasteiger partial charge in [-0.25, -0.2) is 0 Å². The van der Waals surface area contributed by atoms with Crippen molar-refractivity contribution < 1.29 is 14.3 Å². The van der Waals surface area contributed by atoms with Crippen LogP contribution in [0.2, 0.25) is 0 Å². The molecular formula is C15H15BrO3. The molecule has 2 aliphatic rings. The van der Waals surface area contributed by atoms with Gasteiger partial charge in [-0.05, 0) is 18.6 Å². The Hall–Kier alpha value is -0.970. The highest BCUT2D eigenvalue weighted by atomic mass is 79.9. The molecule has 1 saturated heterocycles. The number of hydrogen-bond acceptors (Lipinski definition) is 3. The van der Waals surface area contributed by atoms with Crippen LogP contribution in [-0.2, 0) is 14.3 Å². The lowest BCUT2D eigenvalue weighted by atomic mass is 10.0. The molecule has 2 bridgehead atoms. The zero-order valence-corrected chi connectivity index (χ0v) is 12.2. The predicted octanol–water partition coefficient (Wildman–Crippen LogP) is 3.15. The van der Waals surface area contributed by atoms with Crippen LogP contribution in [0.5, 0.6) is 0 Å². The second kappa shape index (κ2) is 5.19. The van der Waals surface area contributed by atoms with Gasteiger partial charge in [-0.3, -0.25) is 4.79 Å². The summed E-state index contributed by atoms with van der Waals surface area (Å²) in [5.41, 5.74) is 1.07. The molecule has 1 aromatic rings. The van der Waals surface area contributed by atoms with Gasteiger partial charge in [0.25, 0.3) is 0 Å². The fourth-order valence-corrected chi connectivity index (χ4v) is 3.05. The largest absolute Gasteiger partial charge is 0.362 e. The summed E-state index contributed by atoms with van der Waals surface area (Å²) in [7, 11) is 0. The average Bonchev–Trinajstić information content (AvgIpc) is 2.72. The number of fused-ring (bicyclic) bond motifs is 2. The molecule has 1 aromatic carbocycles. The molecule has 1 fully saturated rings. The van der Waals surface area contributed by atoms with Crippen LogP contribution < -0.4 is 0 Å². The summed E-state index contributed by atoms with van der Waals surface area (Å²) in [5.74, 6) is 0.120. The molecule has 2 heterocycles. The molecule has 0 spiro atoms. The Labute approximate surface area is 120 Å². The Balaban J connectivity index is 1.74. The highest BCUT2D eigenvalue weighted by Crippen LogP contribution is 2.36. The van der Waals surface area contributed by atoms with Gasteiger partial charge in [0.05, 0.1) is 12.2 Å². The lowest BCUT2D eigenvalue weighted by molar-refractivity contribution is -0.158. The lowest BCUT2D eigenvalue weighted by Crippen LogP contribution is -2.43. The molecule has 3 nitrogen and oxygen atoms in total. The number of ether oxygens (including phenoxy) is 2. The summed E-state index contributed by atoms with van der Waals surface area (Å²) in [4.78, 5) is 12.1. The molecule has 0 unspecified atom stereocenters. The van der Waals surface area contributed by atoms with Crippen molar-refractivity contribution in [3.63, 3.8) is 0 Å². The van der Waals surface area contributed by atoms with Crippen molar-refractivity contribution in [2.75, 3.05) is 0 Å². The molecule has 4 heteroatoms. The van der Waals surface area contributed by atoms with E-state index in [1.165, 1.54) is 0 Å².